The number of carbonyl (C=O) groups excluding carboxylic acids is 1. The van der Waals surface area contributed by atoms with Crippen molar-refractivity contribution in [1.82, 2.24) is 5.32 Å². The van der Waals surface area contributed by atoms with Crippen LogP contribution in [-0.2, 0) is 4.79 Å². The van der Waals surface area contributed by atoms with E-state index >= 15 is 0 Å². The fraction of sp³-hybridized carbons (Fsp3) is 0.857. The van der Waals surface area contributed by atoms with Crippen LogP contribution in [0.5, 0.6) is 0 Å². The number of rotatable bonds is 5. The Morgan fingerprint density at radius 2 is 2.06 bits per heavy atom. The number of amides is 1. The molecule has 1 amide bonds. The number of nitrogens with one attached hydrogen (secondary N) is 1. The Labute approximate surface area is 105 Å². The lowest BCUT2D eigenvalue weighted by atomic mass is 9.84. The molecule has 1 fully saturated rings. The third-order valence-corrected chi connectivity index (χ3v) is 3.73. The second kappa shape index (κ2) is 7.32. The second-order valence-corrected chi connectivity index (χ2v) is 5.20. The SMILES string of the molecule is CCCC(C)C(=O)NC(C#N)C1CCCCC1. The molecule has 3 nitrogen and oxygen atoms in total. The lowest BCUT2D eigenvalue weighted by Crippen LogP contribution is -2.42. The van der Waals surface area contributed by atoms with E-state index in [9.17, 15) is 10.1 Å². The van der Waals surface area contributed by atoms with Crippen LogP contribution in [0.1, 0.15) is 58.8 Å². The van der Waals surface area contributed by atoms with E-state index in [0.29, 0.717) is 5.92 Å². The quantitative estimate of drug-likeness (QED) is 0.797. The average Bonchev–Trinajstić information content (AvgIpc) is 2.37. The molecular formula is C14H24N2O. The Morgan fingerprint density at radius 3 is 2.59 bits per heavy atom. The maximum absolute atomic E-state index is 11.9. The van der Waals surface area contributed by atoms with Gasteiger partial charge in [-0.15, -0.1) is 0 Å². The number of nitrogens with zero attached hydrogens (tertiary/aromatic N) is 1. The summed E-state index contributed by atoms with van der Waals surface area (Å²) in [4.78, 5) is 11.9. The van der Waals surface area contributed by atoms with Crippen molar-refractivity contribution in [2.45, 2.75) is 64.8 Å². The molecule has 0 heterocycles. The number of hydrogen-bond donors (Lipinski definition) is 1. The Bertz CT molecular complexity index is 276. The molecule has 0 aromatic carbocycles. The zero-order chi connectivity index (χ0) is 12.7. The molecule has 3 heteroatoms. The standard InChI is InChI=1S/C14H24N2O/c1-3-7-11(2)14(17)16-13(10-15)12-8-5-4-6-9-12/h11-13H,3-9H2,1-2H3,(H,16,17). The van der Waals surface area contributed by atoms with Gasteiger partial charge in [0.05, 0.1) is 6.07 Å². The van der Waals surface area contributed by atoms with Crippen molar-refractivity contribution in [1.29, 1.82) is 5.26 Å². The van der Waals surface area contributed by atoms with Gasteiger partial charge in [0.15, 0.2) is 0 Å². The van der Waals surface area contributed by atoms with Gasteiger partial charge in [-0.25, -0.2) is 0 Å². The van der Waals surface area contributed by atoms with Gasteiger partial charge in [0.2, 0.25) is 5.91 Å². The fourth-order valence-electron chi connectivity index (χ4n) is 2.58. The molecule has 1 saturated carbocycles. The van der Waals surface area contributed by atoms with Crippen molar-refractivity contribution in [3.8, 4) is 6.07 Å². The predicted molar refractivity (Wildman–Crippen MR) is 68.2 cm³/mol. The minimum atomic E-state index is -0.276. The van der Waals surface area contributed by atoms with Gasteiger partial charge < -0.3 is 5.32 Å². The van der Waals surface area contributed by atoms with E-state index in [1.165, 1.54) is 19.3 Å². The average molecular weight is 236 g/mol. The highest BCUT2D eigenvalue weighted by molar-refractivity contribution is 5.78. The molecule has 0 aromatic rings. The van der Waals surface area contributed by atoms with Crippen LogP contribution in [0.15, 0.2) is 0 Å². The zero-order valence-corrected chi connectivity index (χ0v) is 11.0. The first-order chi connectivity index (χ1) is 8.19. The molecule has 0 bridgehead atoms. The molecule has 1 N–H and O–H groups in total. The molecule has 0 radical (unpaired) electrons. The van der Waals surface area contributed by atoms with Gasteiger partial charge in [-0.1, -0.05) is 39.5 Å². The molecule has 0 saturated heterocycles. The molecule has 2 unspecified atom stereocenters. The van der Waals surface area contributed by atoms with Crippen molar-refractivity contribution in [2.24, 2.45) is 11.8 Å². The van der Waals surface area contributed by atoms with Crippen molar-refractivity contribution < 1.29 is 4.79 Å². The zero-order valence-electron chi connectivity index (χ0n) is 11.0. The molecule has 0 aliphatic heterocycles. The van der Waals surface area contributed by atoms with Gasteiger partial charge in [0.25, 0.3) is 0 Å². The third kappa shape index (κ3) is 4.38. The summed E-state index contributed by atoms with van der Waals surface area (Å²) in [5, 5.41) is 12.1. The summed E-state index contributed by atoms with van der Waals surface area (Å²) in [6, 6.07) is 1.99. The maximum atomic E-state index is 11.9. The van der Waals surface area contributed by atoms with Gasteiger partial charge in [-0.05, 0) is 25.2 Å². The minimum absolute atomic E-state index is 0.0273. The molecule has 1 rings (SSSR count). The van der Waals surface area contributed by atoms with Crippen LogP contribution in [0.3, 0.4) is 0 Å². The van der Waals surface area contributed by atoms with Gasteiger partial charge in [-0.2, -0.15) is 5.26 Å². The van der Waals surface area contributed by atoms with Gasteiger partial charge >= 0.3 is 0 Å². The summed E-state index contributed by atoms with van der Waals surface area (Å²) >= 11 is 0. The van der Waals surface area contributed by atoms with Crippen molar-refractivity contribution in [2.75, 3.05) is 0 Å². The Hall–Kier alpha value is -1.04. The molecule has 96 valence electrons. The van der Waals surface area contributed by atoms with Crippen molar-refractivity contribution in [3.05, 3.63) is 0 Å². The normalized spacial score (nSPS) is 20.3. The highest BCUT2D eigenvalue weighted by Gasteiger charge is 2.26. The lowest BCUT2D eigenvalue weighted by molar-refractivity contribution is -0.125. The summed E-state index contributed by atoms with van der Waals surface area (Å²) in [6.07, 6.45) is 7.74. The van der Waals surface area contributed by atoms with Crippen LogP contribution >= 0.6 is 0 Å². The molecule has 1 aliphatic carbocycles. The van der Waals surface area contributed by atoms with Crippen LogP contribution in [0.25, 0.3) is 0 Å². The highest BCUT2D eigenvalue weighted by atomic mass is 16.1. The largest absolute Gasteiger partial charge is 0.340 e. The van der Waals surface area contributed by atoms with Crippen LogP contribution < -0.4 is 5.32 Å². The van der Waals surface area contributed by atoms with Gasteiger partial charge in [0.1, 0.15) is 6.04 Å². The molecule has 2 atom stereocenters. The van der Waals surface area contributed by atoms with E-state index in [2.05, 4.69) is 18.3 Å². The Balaban J connectivity index is 2.45. The van der Waals surface area contributed by atoms with Gasteiger partial charge in [-0.3, -0.25) is 4.79 Å². The van der Waals surface area contributed by atoms with E-state index < -0.39 is 0 Å². The van der Waals surface area contributed by atoms with E-state index in [0.717, 1.165) is 25.7 Å². The van der Waals surface area contributed by atoms with Crippen molar-refractivity contribution >= 4 is 5.91 Å². The summed E-state index contributed by atoms with van der Waals surface area (Å²) in [6.45, 7) is 4.01. The highest BCUT2D eigenvalue weighted by Crippen LogP contribution is 2.26. The number of hydrogen-bond acceptors (Lipinski definition) is 2. The van der Waals surface area contributed by atoms with Crippen LogP contribution in [0.4, 0.5) is 0 Å². The summed E-state index contributed by atoms with van der Waals surface area (Å²) < 4.78 is 0. The number of nitriles is 1. The maximum Gasteiger partial charge on any atom is 0.223 e. The second-order valence-electron chi connectivity index (χ2n) is 5.20. The summed E-state index contributed by atoms with van der Waals surface area (Å²) in [7, 11) is 0. The summed E-state index contributed by atoms with van der Waals surface area (Å²) in [5.74, 6) is 0.440. The summed E-state index contributed by atoms with van der Waals surface area (Å²) in [5.41, 5.74) is 0. The molecule has 17 heavy (non-hydrogen) atoms. The van der Waals surface area contributed by atoms with E-state index in [1.807, 2.05) is 6.92 Å². The van der Waals surface area contributed by atoms with Crippen LogP contribution in [-0.4, -0.2) is 11.9 Å². The third-order valence-electron chi connectivity index (χ3n) is 3.73. The predicted octanol–water partition coefficient (Wildman–Crippen LogP) is 3.01. The van der Waals surface area contributed by atoms with Crippen molar-refractivity contribution in [3.63, 3.8) is 0 Å². The van der Waals surface area contributed by atoms with E-state index in [-0.39, 0.29) is 17.9 Å². The minimum Gasteiger partial charge on any atom is -0.340 e. The topological polar surface area (TPSA) is 52.9 Å². The molecule has 1 aliphatic rings. The Kier molecular flexibility index (Phi) is 6.04. The monoisotopic (exact) mass is 236 g/mol. The fourth-order valence-corrected chi connectivity index (χ4v) is 2.58. The molecule has 0 aromatic heterocycles. The smallest absolute Gasteiger partial charge is 0.223 e. The van der Waals surface area contributed by atoms with Gasteiger partial charge in [0, 0.05) is 5.92 Å². The molecule has 0 spiro atoms. The van der Waals surface area contributed by atoms with E-state index in [1.54, 1.807) is 0 Å². The number of carbonyl (C=O) groups is 1. The van der Waals surface area contributed by atoms with Crippen LogP contribution in [0, 0.1) is 23.2 Å². The first-order valence-corrected chi connectivity index (χ1v) is 6.89. The first-order valence-electron chi connectivity index (χ1n) is 6.89. The Morgan fingerprint density at radius 1 is 1.41 bits per heavy atom. The lowest BCUT2D eigenvalue weighted by Gasteiger charge is -2.27. The first kappa shape index (κ1) is 14.0. The van der Waals surface area contributed by atoms with Crippen LogP contribution in [0.2, 0.25) is 0 Å². The van der Waals surface area contributed by atoms with E-state index in [4.69, 9.17) is 0 Å². The molecular weight excluding hydrogens is 212 g/mol.